The van der Waals surface area contributed by atoms with E-state index in [1.54, 1.807) is 13.0 Å². The molecule has 0 atom stereocenters. The Morgan fingerprint density at radius 3 is 2.71 bits per heavy atom. The van der Waals surface area contributed by atoms with Crippen LogP contribution in [-0.4, -0.2) is 40.2 Å². The molecule has 2 aromatic rings. The average Bonchev–Trinajstić information content (AvgIpc) is 2.93. The Bertz CT molecular complexity index is 760. The highest BCUT2D eigenvalue weighted by atomic mass is 32.2. The van der Waals surface area contributed by atoms with Gasteiger partial charge in [0.15, 0.2) is 9.84 Å². The van der Waals surface area contributed by atoms with Crippen molar-refractivity contribution in [1.82, 2.24) is 19.6 Å². The normalized spacial score (nSPS) is 11.6. The molecule has 0 spiro atoms. The van der Waals surface area contributed by atoms with Gasteiger partial charge in [0.25, 0.3) is 0 Å². The SMILES string of the molecule is CCn1nccc1OC(=O)c1cc(C)nn1CS(C)(=O)=O. The zero-order valence-electron chi connectivity index (χ0n) is 12.0. The molecule has 0 saturated carbocycles. The van der Waals surface area contributed by atoms with Crippen LogP contribution in [-0.2, 0) is 22.3 Å². The van der Waals surface area contributed by atoms with Gasteiger partial charge in [-0.15, -0.1) is 0 Å². The Labute approximate surface area is 122 Å². The highest BCUT2D eigenvalue weighted by Gasteiger charge is 2.20. The van der Waals surface area contributed by atoms with Gasteiger partial charge in [0, 0.05) is 18.9 Å². The molecule has 8 nitrogen and oxygen atoms in total. The third-order valence-electron chi connectivity index (χ3n) is 2.64. The molecule has 0 radical (unpaired) electrons. The molecule has 21 heavy (non-hydrogen) atoms. The molecule has 2 rings (SSSR count). The number of hydrogen-bond acceptors (Lipinski definition) is 6. The summed E-state index contributed by atoms with van der Waals surface area (Å²) in [5.41, 5.74) is 0.622. The topological polar surface area (TPSA) is 96.1 Å². The predicted molar refractivity (Wildman–Crippen MR) is 74.7 cm³/mol. The molecular formula is C12H16N4O4S. The van der Waals surface area contributed by atoms with Gasteiger partial charge in [0.05, 0.1) is 11.9 Å². The molecule has 0 aliphatic rings. The van der Waals surface area contributed by atoms with Gasteiger partial charge in [-0.2, -0.15) is 10.2 Å². The lowest BCUT2D eigenvalue weighted by Gasteiger charge is -2.07. The summed E-state index contributed by atoms with van der Waals surface area (Å²) in [5, 5.41) is 7.99. The van der Waals surface area contributed by atoms with E-state index >= 15 is 0 Å². The predicted octanol–water partition coefficient (Wildman–Crippen LogP) is 0.629. The van der Waals surface area contributed by atoms with Crippen LogP contribution in [0.4, 0.5) is 0 Å². The van der Waals surface area contributed by atoms with Gasteiger partial charge in [-0.25, -0.2) is 22.6 Å². The molecule has 0 unspecified atom stereocenters. The largest absolute Gasteiger partial charge is 0.403 e. The molecule has 0 aliphatic heterocycles. The van der Waals surface area contributed by atoms with Gasteiger partial charge >= 0.3 is 5.97 Å². The minimum Gasteiger partial charge on any atom is -0.403 e. The standard InChI is InChI=1S/C12H16N4O4S/c1-4-15-11(5-6-13-15)20-12(17)10-7-9(2)14-16(10)8-21(3,18)19/h5-7H,4,8H2,1-3H3. The van der Waals surface area contributed by atoms with Crippen molar-refractivity contribution in [2.45, 2.75) is 26.3 Å². The molecule has 0 bridgehead atoms. The molecule has 0 aliphatic carbocycles. The van der Waals surface area contributed by atoms with Crippen molar-refractivity contribution >= 4 is 15.8 Å². The van der Waals surface area contributed by atoms with E-state index in [1.165, 1.54) is 16.9 Å². The van der Waals surface area contributed by atoms with Gasteiger partial charge in [0.2, 0.25) is 5.88 Å². The van der Waals surface area contributed by atoms with Crippen molar-refractivity contribution in [3.63, 3.8) is 0 Å². The number of aryl methyl sites for hydroxylation is 2. The molecule has 2 heterocycles. The molecule has 0 N–H and O–H groups in total. The summed E-state index contributed by atoms with van der Waals surface area (Å²) in [6.45, 7) is 4.09. The summed E-state index contributed by atoms with van der Waals surface area (Å²) < 4.78 is 30.6. The van der Waals surface area contributed by atoms with Crippen LogP contribution in [0.25, 0.3) is 0 Å². The molecule has 2 aromatic heterocycles. The molecule has 9 heteroatoms. The Hall–Kier alpha value is -2.16. The number of nitrogens with zero attached hydrogens (tertiary/aromatic N) is 4. The van der Waals surface area contributed by atoms with Crippen molar-refractivity contribution in [3.8, 4) is 5.88 Å². The summed E-state index contributed by atoms with van der Waals surface area (Å²) in [4.78, 5) is 12.2. The maximum atomic E-state index is 12.2. The van der Waals surface area contributed by atoms with E-state index in [0.29, 0.717) is 18.1 Å². The van der Waals surface area contributed by atoms with Crippen LogP contribution in [0.2, 0.25) is 0 Å². The lowest BCUT2D eigenvalue weighted by atomic mass is 10.4. The van der Waals surface area contributed by atoms with E-state index in [2.05, 4.69) is 10.2 Å². The number of carbonyl (C=O) groups is 1. The summed E-state index contributed by atoms with van der Waals surface area (Å²) in [7, 11) is -3.32. The summed E-state index contributed by atoms with van der Waals surface area (Å²) in [6, 6.07) is 3.05. The van der Waals surface area contributed by atoms with E-state index in [0.717, 1.165) is 10.9 Å². The summed E-state index contributed by atoms with van der Waals surface area (Å²) in [6.07, 6.45) is 2.59. The zero-order valence-corrected chi connectivity index (χ0v) is 12.8. The average molecular weight is 312 g/mol. The monoisotopic (exact) mass is 312 g/mol. The quantitative estimate of drug-likeness (QED) is 0.751. The Balaban J connectivity index is 2.27. The maximum Gasteiger partial charge on any atom is 0.363 e. The number of hydrogen-bond donors (Lipinski definition) is 0. The van der Waals surface area contributed by atoms with Gasteiger partial charge < -0.3 is 4.74 Å². The number of ether oxygens (including phenoxy) is 1. The highest BCUT2D eigenvalue weighted by Crippen LogP contribution is 2.13. The molecule has 0 saturated heterocycles. The number of sulfone groups is 1. The first-order chi connectivity index (χ1) is 9.80. The highest BCUT2D eigenvalue weighted by molar-refractivity contribution is 7.89. The van der Waals surface area contributed by atoms with Gasteiger partial charge in [0.1, 0.15) is 11.6 Å². The third-order valence-corrected chi connectivity index (χ3v) is 3.36. The second-order valence-electron chi connectivity index (χ2n) is 4.60. The van der Waals surface area contributed by atoms with Crippen LogP contribution in [0, 0.1) is 6.92 Å². The van der Waals surface area contributed by atoms with E-state index in [-0.39, 0.29) is 11.6 Å². The molecular weight excluding hydrogens is 296 g/mol. The van der Waals surface area contributed by atoms with E-state index in [1.807, 2.05) is 6.92 Å². The van der Waals surface area contributed by atoms with Crippen LogP contribution in [0.15, 0.2) is 18.3 Å². The van der Waals surface area contributed by atoms with Crippen molar-refractivity contribution < 1.29 is 17.9 Å². The van der Waals surface area contributed by atoms with Crippen molar-refractivity contribution in [2.24, 2.45) is 0 Å². The molecule has 0 amide bonds. The van der Waals surface area contributed by atoms with Crippen LogP contribution in [0.5, 0.6) is 5.88 Å². The summed E-state index contributed by atoms with van der Waals surface area (Å²) >= 11 is 0. The molecule has 0 fully saturated rings. The second-order valence-corrected chi connectivity index (χ2v) is 6.71. The zero-order chi connectivity index (χ0) is 15.6. The van der Waals surface area contributed by atoms with Crippen LogP contribution >= 0.6 is 0 Å². The Morgan fingerprint density at radius 1 is 1.38 bits per heavy atom. The lowest BCUT2D eigenvalue weighted by molar-refractivity contribution is 0.0706. The van der Waals surface area contributed by atoms with Crippen LogP contribution in [0.3, 0.4) is 0 Å². The van der Waals surface area contributed by atoms with Crippen molar-refractivity contribution in [1.29, 1.82) is 0 Å². The fraction of sp³-hybridized carbons (Fsp3) is 0.417. The second kappa shape index (κ2) is 5.68. The lowest BCUT2D eigenvalue weighted by Crippen LogP contribution is -2.20. The number of aromatic nitrogens is 4. The van der Waals surface area contributed by atoms with E-state index in [4.69, 9.17) is 4.74 Å². The first-order valence-electron chi connectivity index (χ1n) is 6.26. The molecule has 114 valence electrons. The van der Waals surface area contributed by atoms with Crippen LogP contribution < -0.4 is 4.74 Å². The minimum atomic E-state index is -3.32. The smallest absolute Gasteiger partial charge is 0.363 e. The minimum absolute atomic E-state index is 0.0850. The van der Waals surface area contributed by atoms with Crippen molar-refractivity contribution in [2.75, 3.05) is 6.26 Å². The van der Waals surface area contributed by atoms with Crippen LogP contribution in [0.1, 0.15) is 23.1 Å². The van der Waals surface area contributed by atoms with Gasteiger partial charge in [-0.05, 0) is 19.9 Å². The first kappa shape index (κ1) is 15.2. The summed E-state index contributed by atoms with van der Waals surface area (Å²) in [5.74, 6) is -0.750. The number of carbonyl (C=O) groups excluding carboxylic acids is 1. The fourth-order valence-corrected chi connectivity index (χ4v) is 2.46. The maximum absolute atomic E-state index is 12.2. The Morgan fingerprint density at radius 2 is 2.10 bits per heavy atom. The Kier molecular flexibility index (Phi) is 4.12. The van der Waals surface area contributed by atoms with Gasteiger partial charge in [-0.3, -0.25) is 0 Å². The van der Waals surface area contributed by atoms with E-state index in [9.17, 15) is 13.2 Å². The molecule has 0 aromatic carbocycles. The first-order valence-corrected chi connectivity index (χ1v) is 8.32. The number of rotatable bonds is 5. The van der Waals surface area contributed by atoms with Gasteiger partial charge in [-0.1, -0.05) is 0 Å². The van der Waals surface area contributed by atoms with Crippen molar-refractivity contribution in [3.05, 3.63) is 29.7 Å². The fourth-order valence-electron chi connectivity index (χ4n) is 1.82. The third kappa shape index (κ3) is 3.69. The number of esters is 1. The van der Waals surface area contributed by atoms with E-state index < -0.39 is 15.8 Å².